The summed E-state index contributed by atoms with van der Waals surface area (Å²) in [4.78, 5) is 21.6. The summed E-state index contributed by atoms with van der Waals surface area (Å²) in [5, 5.41) is 3.95. The molecule has 4 aromatic rings. The second-order valence-electron chi connectivity index (χ2n) is 7.67. The van der Waals surface area contributed by atoms with E-state index < -0.39 is 0 Å². The highest BCUT2D eigenvalue weighted by molar-refractivity contribution is 7.99. The number of imidazole rings is 1. The van der Waals surface area contributed by atoms with Gasteiger partial charge in [-0.15, -0.1) is 0 Å². The van der Waals surface area contributed by atoms with E-state index in [0.29, 0.717) is 18.7 Å². The summed E-state index contributed by atoms with van der Waals surface area (Å²) in [5.74, 6) is 2.91. The summed E-state index contributed by atoms with van der Waals surface area (Å²) < 4.78 is 2.20. The van der Waals surface area contributed by atoms with Gasteiger partial charge in [0.25, 0.3) is 5.91 Å². The van der Waals surface area contributed by atoms with E-state index in [0.717, 1.165) is 45.6 Å². The Morgan fingerprint density at radius 1 is 0.970 bits per heavy atom. The molecule has 2 aromatic carbocycles. The fraction of sp³-hybridized carbons (Fsp3) is 0.269. The average Bonchev–Trinajstić information content (AvgIpc) is 3.21. The molecule has 170 valence electrons. The molecule has 0 spiro atoms. The summed E-state index contributed by atoms with van der Waals surface area (Å²) in [6.07, 6.45) is 2.94. The van der Waals surface area contributed by atoms with Crippen molar-refractivity contribution >= 4 is 40.6 Å². The minimum absolute atomic E-state index is 0.0185. The largest absolute Gasteiger partial charge is 0.351 e. The third kappa shape index (κ3) is 6.39. The van der Waals surface area contributed by atoms with Crippen LogP contribution in [0.25, 0.3) is 11.2 Å². The van der Waals surface area contributed by atoms with E-state index >= 15 is 0 Å². The van der Waals surface area contributed by atoms with Crippen LogP contribution in [0.2, 0.25) is 0 Å². The number of benzene rings is 2. The number of nitrogens with one attached hydrogen (secondary N) is 1. The summed E-state index contributed by atoms with van der Waals surface area (Å²) in [6.45, 7) is 3.54. The minimum Gasteiger partial charge on any atom is -0.351 e. The molecule has 2 aromatic heterocycles. The number of pyridine rings is 1. The Kier molecular flexibility index (Phi) is 8.44. The average molecular weight is 477 g/mol. The van der Waals surface area contributed by atoms with E-state index in [1.54, 1.807) is 18.0 Å². The van der Waals surface area contributed by atoms with Crippen LogP contribution in [0.5, 0.6) is 0 Å². The molecular weight excluding hydrogens is 448 g/mol. The quantitative estimate of drug-likeness (QED) is 0.224. The van der Waals surface area contributed by atoms with Crippen LogP contribution < -0.4 is 5.32 Å². The first-order chi connectivity index (χ1) is 16.2. The molecule has 0 saturated heterocycles. The standard InChI is InChI=1S/C26H28N4OS2/c1-2-16-32-17-15-28-25(31)22-12-10-20(11-13-22)18-30-23-9-6-14-27-24(23)29-26(30)33-19-21-7-4-3-5-8-21/h3-14H,2,15-19H2,1H3,(H,28,31). The first-order valence-corrected chi connectivity index (χ1v) is 13.3. The first-order valence-electron chi connectivity index (χ1n) is 11.2. The maximum atomic E-state index is 12.4. The number of carbonyl (C=O) groups excluding carboxylic acids is 1. The molecule has 2 heterocycles. The molecule has 0 unspecified atom stereocenters. The van der Waals surface area contributed by atoms with Crippen molar-refractivity contribution in [3.8, 4) is 0 Å². The number of hydrogen-bond acceptors (Lipinski definition) is 5. The number of thioether (sulfide) groups is 2. The van der Waals surface area contributed by atoms with Gasteiger partial charge in [-0.3, -0.25) is 4.79 Å². The number of carbonyl (C=O) groups is 1. The molecule has 0 bridgehead atoms. The molecule has 7 heteroatoms. The molecule has 4 rings (SSSR count). The Labute approximate surface area is 203 Å². The van der Waals surface area contributed by atoms with E-state index in [-0.39, 0.29) is 5.91 Å². The molecule has 5 nitrogen and oxygen atoms in total. The zero-order valence-corrected chi connectivity index (χ0v) is 20.4. The van der Waals surface area contributed by atoms with Gasteiger partial charge in [0.2, 0.25) is 0 Å². The van der Waals surface area contributed by atoms with Crippen molar-refractivity contribution in [2.24, 2.45) is 0 Å². The predicted octanol–water partition coefficient (Wildman–Crippen LogP) is 5.64. The number of aromatic nitrogens is 3. The maximum Gasteiger partial charge on any atom is 0.251 e. The first kappa shape index (κ1) is 23.4. The molecule has 0 atom stereocenters. The van der Waals surface area contributed by atoms with Crippen LogP contribution in [-0.2, 0) is 12.3 Å². The lowest BCUT2D eigenvalue weighted by Gasteiger charge is -2.10. The predicted molar refractivity (Wildman–Crippen MR) is 139 cm³/mol. The smallest absolute Gasteiger partial charge is 0.251 e. The van der Waals surface area contributed by atoms with Crippen LogP contribution >= 0.6 is 23.5 Å². The summed E-state index contributed by atoms with van der Waals surface area (Å²) in [5.41, 5.74) is 4.84. The van der Waals surface area contributed by atoms with Crippen molar-refractivity contribution in [1.29, 1.82) is 0 Å². The fourth-order valence-electron chi connectivity index (χ4n) is 3.45. The third-order valence-electron chi connectivity index (χ3n) is 5.14. The molecule has 0 saturated carbocycles. The second kappa shape index (κ2) is 11.9. The lowest BCUT2D eigenvalue weighted by atomic mass is 10.1. The number of fused-ring (bicyclic) bond motifs is 1. The Hall–Kier alpha value is -2.77. The van der Waals surface area contributed by atoms with Gasteiger partial charge in [0.05, 0.1) is 12.1 Å². The fourth-order valence-corrected chi connectivity index (χ4v) is 5.15. The molecule has 0 fully saturated rings. The van der Waals surface area contributed by atoms with Gasteiger partial charge in [-0.1, -0.05) is 61.2 Å². The second-order valence-corrected chi connectivity index (χ2v) is 9.83. The van der Waals surface area contributed by atoms with E-state index in [9.17, 15) is 4.79 Å². The van der Waals surface area contributed by atoms with Crippen LogP contribution in [0.15, 0.2) is 78.1 Å². The molecule has 33 heavy (non-hydrogen) atoms. The number of amides is 1. The lowest BCUT2D eigenvalue weighted by molar-refractivity contribution is 0.0956. The molecule has 1 amide bonds. The van der Waals surface area contributed by atoms with Gasteiger partial charge in [-0.05, 0) is 47.6 Å². The monoisotopic (exact) mass is 476 g/mol. The van der Waals surface area contributed by atoms with Crippen molar-refractivity contribution in [2.45, 2.75) is 30.8 Å². The van der Waals surface area contributed by atoms with Gasteiger partial charge < -0.3 is 9.88 Å². The molecule has 0 radical (unpaired) electrons. The van der Waals surface area contributed by atoms with Gasteiger partial charge in [0, 0.05) is 29.8 Å². The summed E-state index contributed by atoms with van der Waals surface area (Å²) in [7, 11) is 0. The van der Waals surface area contributed by atoms with E-state index in [4.69, 9.17) is 4.98 Å². The van der Waals surface area contributed by atoms with Crippen molar-refractivity contribution in [3.05, 3.63) is 89.6 Å². The Bertz CT molecular complexity index is 1180. The van der Waals surface area contributed by atoms with Crippen molar-refractivity contribution in [2.75, 3.05) is 18.1 Å². The van der Waals surface area contributed by atoms with E-state index in [1.807, 2.05) is 48.2 Å². The zero-order valence-electron chi connectivity index (χ0n) is 18.7. The maximum absolute atomic E-state index is 12.4. The number of nitrogens with zero attached hydrogens (tertiary/aromatic N) is 3. The molecule has 1 N–H and O–H groups in total. The van der Waals surface area contributed by atoms with Crippen molar-refractivity contribution < 1.29 is 4.79 Å². The zero-order chi connectivity index (χ0) is 22.9. The highest BCUT2D eigenvalue weighted by Gasteiger charge is 2.13. The normalized spacial score (nSPS) is 11.1. The Balaban J connectivity index is 1.45. The molecule has 0 aliphatic rings. The molecule has 0 aliphatic heterocycles. The van der Waals surface area contributed by atoms with Crippen molar-refractivity contribution in [3.63, 3.8) is 0 Å². The SMILES string of the molecule is CCCSCCNC(=O)c1ccc(Cn2c(SCc3ccccc3)nc3ncccc32)cc1. The summed E-state index contributed by atoms with van der Waals surface area (Å²) >= 11 is 3.58. The molecular formula is C26H28N4OS2. The lowest BCUT2D eigenvalue weighted by Crippen LogP contribution is -2.25. The van der Waals surface area contributed by atoms with Gasteiger partial charge >= 0.3 is 0 Å². The van der Waals surface area contributed by atoms with Crippen LogP contribution in [0.1, 0.15) is 34.8 Å². The number of hydrogen-bond donors (Lipinski definition) is 1. The Morgan fingerprint density at radius 3 is 2.58 bits per heavy atom. The van der Waals surface area contributed by atoms with Crippen LogP contribution in [0.3, 0.4) is 0 Å². The number of rotatable bonds is 11. The van der Waals surface area contributed by atoms with Gasteiger partial charge in [-0.2, -0.15) is 11.8 Å². The van der Waals surface area contributed by atoms with Crippen LogP contribution in [0, 0.1) is 0 Å². The van der Waals surface area contributed by atoms with Crippen molar-refractivity contribution in [1.82, 2.24) is 19.9 Å². The highest BCUT2D eigenvalue weighted by Crippen LogP contribution is 2.27. The van der Waals surface area contributed by atoms with E-state index in [1.165, 1.54) is 5.56 Å². The molecule has 0 aliphatic carbocycles. The van der Waals surface area contributed by atoms with Gasteiger partial charge in [-0.25, -0.2) is 9.97 Å². The van der Waals surface area contributed by atoms with E-state index in [2.05, 4.69) is 52.1 Å². The highest BCUT2D eigenvalue weighted by atomic mass is 32.2. The van der Waals surface area contributed by atoms with Gasteiger partial charge in [0.1, 0.15) is 0 Å². The minimum atomic E-state index is -0.0185. The third-order valence-corrected chi connectivity index (χ3v) is 7.37. The Morgan fingerprint density at radius 2 is 1.79 bits per heavy atom. The summed E-state index contributed by atoms with van der Waals surface area (Å²) in [6, 6.07) is 22.2. The topological polar surface area (TPSA) is 59.8 Å². The van der Waals surface area contributed by atoms with Crippen LogP contribution in [0.4, 0.5) is 0 Å². The van der Waals surface area contributed by atoms with Gasteiger partial charge in [0.15, 0.2) is 10.8 Å². The van der Waals surface area contributed by atoms with Crippen LogP contribution in [-0.4, -0.2) is 38.5 Å².